The Balaban J connectivity index is 0.00000320. The smallest absolute Gasteiger partial charge is 0.543 e. The van der Waals surface area contributed by atoms with Crippen molar-refractivity contribution in [2.75, 3.05) is 13.9 Å². The Kier molecular flexibility index (Phi) is 8.42. The number of hydrogen-bond acceptors (Lipinski definition) is 7. The Morgan fingerprint density at radius 2 is 1.78 bits per heavy atom. The number of aromatic carboxylic acids is 1. The molecule has 0 fully saturated rings. The quantitative estimate of drug-likeness (QED) is 0.252. The molecular weight excluding hydrogens is 525 g/mol. The first-order valence-electron chi connectivity index (χ1n) is 11.0. The Hall–Kier alpha value is -2.66. The molecule has 0 unspecified atom stereocenters. The van der Waals surface area contributed by atoms with Gasteiger partial charge in [-0.25, -0.2) is 4.79 Å². The molecule has 1 aliphatic heterocycles. The zero-order valence-electron chi connectivity index (χ0n) is 20.1. The fourth-order valence-electron chi connectivity index (χ4n) is 4.40. The number of halogens is 1. The SMILES string of the molecule is COC(=O)c1cccc(Cc2c(C(=O)[O-])n(Cc3cc4c(cc3Cl)OCO4)c3ccccc3c2=O)c1.[K+]. The van der Waals surface area contributed by atoms with Crippen LogP contribution in [0.1, 0.15) is 37.5 Å². The molecule has 2 heterocycles. The molecule has 4 aromatic rings. The van der Waals surface area contributed by atoms with E-state index in [4.69, 9.17) is 25.8 Å². The zero-order chi connectivity index (χ0) is 25.4. The number of carbonyl (C=O) groups is 2. The number of carbonyl (C=O) groups excluding carboxylic acids is 2. The first-order valence-corrected chi connectivity index (χ1v) is 11.4. The molecule has 0 N–H and O–H groups in total. The summed E-state index contributed by atoms with van der Waals surface area (Å²) in [5, 5.41) is 13.2. The topological polar surface area (TPSA) is 107 Å². The van der Waals surface area contributed by atoms with Gasteiger partial charge < -0.3 is 28.7 Å². The second-order valence-electron chi connectivity index (χ2n) is 8.21. The fourth-order valence-corrected chi connectivity index (χ4v) is 4.61. The molecule has 0 saturated heterocycles. The van der Waals surface area contributed by atoms with Crippen molar-refractivity contribution >= 4 is 34.4 Å². The van der Waals surface area contributed by atoms with Gasteiger partial charge in [0.2, 0.25) is 6.79 Å². The molecule has 5 rings (SSSR count). The summed E-state index contributed by atoms with van der Waals surface area (Å²) >= 11 is 6.49. The number of ether oxygens (including phenoxy) is 3. The van der Waals surface area contributed by atoms with Gasteiger partial charge in [0.05, 0.1) is 29.9 Å². The molecule has 8 nitrogen and oxygen atoms in total. The second kappa shape index (κ2) is 11.4. The summed E-state index contributed by atoms with van der Waals surface area (Å²) in [5.41, 5.74) is 1.20. The minimum absolute atomic E-state index is 0. The number of fused-ring (bicyclic) bond motifs is 2. The molecule has 0 aliphatic carbocycles. The number of rotatable bonds is 6. The van der Waals surface area contributed by atoms with Gasteiger partial charge in [-0.1, -0.05) is 35.9 Å². The van der Waals surface area contributed by atoms with Gasteiger partial charge in [0, 0.05) is 35.0 Å². The monoisotopic (exact) mass is 543 g/mol. The molecule has 0 atom stereocenters. The van der Waals surface area contributed by atoms with Crippen LogP contribution in [0, 0.1) is 0 Å². The third-order valence-corrected chi connectivity index (χ3v) is 6.41. The van der Waals surface area contributed by atoms with Crippen molar-refractivity contribution in [1.29, 1.82) is 0 Å². The maximum atomic E-state index is 13.5. The molecule has 37 heavy (non-hydrogen) atoms. The van der Waals surface area contributed by atoms with E-state index in [-0.39, 0.29) is 82.4 Å². The molecule has 0 amide bonds. The molecule has 1 aromatic heterocycles. The third kappa shape index (κ3) is 5.33. The number of nitrogens with zero attached hydrogens (tertiary/aromatic N) is 1. The number of aromatic nitrogens is 1. The average Bonchev–Trinajstić information content (AvgIpc) is 3.33. The third-order valence-electron chi connectivity index (χ3n) is 6.06. The van der Waals surface area contributed by atoms with Crippen LogP contribution < -0.4 is 71.4 Å². The molecule has 1 aliphatic rings. The van der Waals surface area contributed by atoms with Crippen molar-refractivity contribution in [3.05, 3.63) is 104 Å². The van der Waals surface area contributed by atoms with Crippen LogP contribution in [0.25, 0.3) is 10.9 Å². The van der Waals surface area contributed by atoms with Crippen molar-refractivity contribution in [2.45, 2.75) is 13.0 Å². The maximum Gasteiger partial charge on any atom is 1.00 e. The average molecular weight is 544 g/mol. The largest absolute Gasteiger partial charge is 1.00 e. The molecule has 3 aromatic carbocycles. The second-order valence-corrected chi connectivity index (χ2v) is 8.62. The predicted octanol–water partition coefficient (Wildman–Crippen LogP) is 0.177. The van der Waals surface area contributed by atoms with E-state index in [9.17, 15) is 19.5 Å². The van der Waals surface area contributed by atoms with Crippen molar-refractivity contribution in [1.82, 2.24) is 4.57 Å². The number of carboxylic acids is 1. The van der Waals surface area contributed by atoms with Gasteiger partial charge in [-0.15, -0.1) is 0 Å². The van der Waals surface area contributed by atoms with E-state index >= 15 is 0 Å². The van der Waals surface area contributed by atoms with Crippen molar-refractivity contribution < 1.29 is 80.3 Å². The Morgan fingerprint density at radius 1 is 1.05 bits per heavy atom. The Labute approximate surface area is 259 Å². The molecule has 10 heteroatoms. The van der Waals surface area contributed by atoms with Gasteiger partial charge in [0.1, 0.15) is 0 Å². The number of hydrogen-bond donors (Lipinski definition) is 0. The predicted molar refractivity (Wildman–Crippen MR) is 130 cm³/mol. The van der Waals surface area contributed by atoms with E-state index < -0.39 is 17.4 Å². The Bertz CT molecular complexity index is 1600. The van der Waals surface area contributed by atoms with Crippen molar-refractivity contribution in [3.63, 3.8) is 0 Å². The van der Waals surface area contributed by atoms with Crippen LogP contribution in [-0.2, 0) is 17.7 Å². The normalized spacial score (nSPS) is 11.7. The molecule has 0 radical (unpaired) electrons. The number of pyridine rings is 1. The summed E-state index contributed by atoms with van der Waals surface area (Å²) < 4.78 is 17.1. The van der Waals surface area contributed by atoms with Gasteiger partial charge in [-0.2, -0.15) is 0 Å². The molecular formula is C27H19ClKNO7. The van der Waals surface area contributed by atoms with Crippen LogP contribution in [0.2, 0.25) is 5.02 Å². The standard InChI is InChI=1S/C27H20ClNO7.K/c1-34-27(33)16-6-4-5-15(9-16)10-19-24(26(31)32)29(21-8-3-2-7-18(21)25(19)30)13-17-11-22-23(12-20(17)28)36-14-35-22;/h2-9,11-12H,10,13-14H2,1H3,(H,31,32);/q;+1/p-1. The summed E-state index contributed by atoms with van der Waals surface area (Å²) in [6, 6.07) is 16.5. The van der Waals surface area contributed by atoms with Gasteiger partial charge >= 0.3 is 57.4 Å². The molecule has 0 spiro atoms. The minimum atomic E-state index is -1.51. The first kappa shape index (κ1) is 27.4. The molecule has 0 bridgehead atoms. The van der Waals surface area contributed by atoms with E-state index in [0.29, 0.717) is 44.1 Å². The number of esters is 1. The van der Waals surface area contributed by atoms with E-state index in [2.05, 4.69) is 0 Å². The van der Waals surface area contributed by atoms with E-state index in [1.807, 2.05) is 0 Å². The minimum Gasteiger partial charge on any atom is -0.543 e. The summed E-state index contributed by atoms with van der Waals surface area (Å²) in [7, 11) is 1.27. The number of methoxy groups -OCH3 is 1. The number of carboxylic acid groups (broad SMARTS) is 1. The van der Waals surface area contributed by atoms with Gasteiger partial charge in [-0.05, 0) is 41.5 Å². The van der Waals surface area contributed by atoms with E-state index in [1.54, 1.807) is 60.7 Å². The van der Waals surface area contributed by atoms with Crippen LogP contribution in [0.5, 0.6) is 11.5 Å². The van der Waals surface area contributed by atoms with E-state index in [0.717, 1.165) is 0 Å². The fraction of sp³-hybridized carbons (Fsp3) is 0.148. The number of benzene rings is 3. The van der Waals surface area contributed by atoms with Crippen LogP contribution >= 0.6 is 11.6 Å². The summed E-state index contributed by atoms with van der Waals surface area (Å²) in [5.74, 6) is -1.05. The van der Waals surface area contributed by atoms with Gasteiger partial charge in [0.15, 0.2) is 16.9 Å². The van der Waals surface area contributed by atoms with Gasteiger partial charge in [-0.3, -0.25) is 4.79 Å². The van der Waals surface area contributed by atoms with Crippen LogP contribution in [-0.4, -0.2) is 30.4 Å². The first-order chi connectivity index (χ1) is 17.4. The summed E-state index contributed by atoms with van der Waals surface area (Å²) in [4.78, 5) is 38.0. The summed E-state index contributed by atoms with van der Waals surface area (Å²) in [6.07, 6.45) is -0.0350. The Morgan fingerprint density at radius 3 is 2.51 bits per heavy atom. The van der Waals surface area contributed by atoms with Crippen LogP contribution in [0.3, 0.4) is 0 Å². The van der Waals surface area contributed by atoms with Crippen molar-refractivity contribution in [2.24, 2.45) is 0 Å². The molecule has 0 saturated carbocycles. The maximum absolute atomic E-state index is 13.5. The zero-order valence-corrected chi connectivity index (χ0v) is 24.0. The van der Waals surface area contributed by atoms with Crippen LogP contribution in [0.4, 0.5) is 0 Å². The molecule has 182 valence electrons. The summed E-state index contributed by atoms with van der Waals surface area (Å²) in [6.45, 7) is 0.101. The van der Waals surface area contributed by atoms with Gasteiger partial charge in [0.25, 0.3) is 0 Å². The van der Waals surface area contributed by atoms with Crippen molar-refractivity contribution in [3.8, 4) is 11.5 Å². The van der Waals surface area contributed by atoms with E-state index in [1.165, 1.54) is 11.7 Å². The van der Waals surface area contributed by atoms with Crippen LogP contribution in [0.15, 0.2) is 65.5 Å². The number of para-hydroxylation sites is 1.